The van der Waals surface area contributed by atoms with E-state index in [-0.39, 0.29) is 24.9 Å². The SMILES string of the molecule is Cc1cc(OCC(=O)NCCN)ccc1C(C)C.Cl. The first-order valence-corrected chi connectivity index (χ1v) is 6.24. The molecule has 0 bridgehead atoms. The number of carbonyl (C=O) groups excluding carboxylic acids is 1. The number of ether oxygens (including phenoxy) is 1. The second-order valence-corrected chi connectivity index (χ2v) is 4.60. The number of carbonyl (C=O) groups is 1. The molecule has 1 amide bonds. The van der Waals surface area contributed by atoms with Gasteiger partial charge in [0.15, 0.2) is 6.61 Å². The number of halogens is 1. The molecule has 0 aliphatic carbocycles. The minimum atomic E-state index is -0.147. The summed E-state index contributed by atoms with van der Waals surface area (Å²) in [5.74, 6) is 1.07. The van der Waals surface area contributed by atoms with Crippen molar-refractivity contribution in [3.63, 3.8) is 0 Å². The molecule has 0 atom stereocenters. The maximum atomic E-state index is 11.3. The van der Waals surface area contributed by atoms with Crippen molar-refractivity contribution in [1.29, 1.82) is 0 Å². The molecule has 0 aliphatic heterocycles. The molecule has 0 saturated heterocycles. The van der Waals surface area contributed by atoms with Gasteiger partial charge in [-0.3, -0.25) is 4.79 Å². The molecule has 0 unspecified atom stereocenters. The van der Waals surface area contributed by atoms with Crippen LogP contribution in [0.15, 0.2) is 18.2 Å². The predicted molar refractivity (Wildman–Crippen MR) is 80.1 cm³/mol. The summed E-state index contributed by atoms with van der Waals surface area (Å²) in [4.78, 5) is 11.3. The largest absolute Gasteiger partial charge is 0.484 e. The highest BCUT2D eigenvalue weighted by molar-refractivity contribution is 5.85. The first kappa shape index (κ1) is 17.7. The van der Waals surface area contributed by atoms with Gasteiger partial charge in [0.1, 0.15) is 5.75 Å². The van der Waals surface area contributed by atoms with Crippen LogP contribution in [-0.4, -0.2) is 25.6 Å². The average molecular weight is 287 g/mol. The first-order chi connectivity index (χ1) is 8.54. The third-order valence-electron chi connectivity index (χ3n) is 2.70. The fraction of sp³-hybridized carbons (Fsp3) is 0.500. The second-order valence-electron chi connectivity index (χ2n) is 4.60. The Morgan fingerprint density at radius 3 is 2.63 bits per heavy atom. The van der Waals surface area contributed by atoms with Crippen molar-refractivity contribution in [1.82, 2.24) is 5.32 Å². The summed E-state index contributed by atoms with van der Waals surface area (Å²) in [6.45, 7) is 7.31. The molecule has 0 heterocycles. The van der Waals surface area contributed by atoms with Gasteiger partial charge in [0.25, 0.3) is 5.91 Å². The Bertz CT molecular complexity index is 408. The van der Waals surface area contributed by atoms with E-state index in [1.807, 2.05) is 18.2 Å². The minimum absolute atomic E-state index is 0. The lowest BCUT2D eigenvalue weighted by Gasteiger charge is -2.12. The smallest absolute Gasteiger partial charge is 0.257 e. The molecule has 0 aliphatic rings. The highest BCUT2D eigenvalue weighted by atomic mass is 35.5. The van der Waals surface area contributed by atoms with Crippen LogP contribution in [0.5, 0.6) is 5.75 Å². The molecule has 0 saturated carbocycles. The molecular weight excluding hydrogens is 264 g/mol. The topological polar surface area (TPSA) is 64.3 Å². The van der Waals surface area contributed by atoms with Crippen molar-refractivity contribution in [2.24, 2.45) is 5.73 Å². The number of aryl methyl sites for hydroxylation is 1. The van der Waals surface area contributed by atoms with Gasteiger partial charge in [-0.15, -0.1) is 12.4 Å². The Morgan fingerprint density at radius 1 is 1.42 bits per heavy atom. The number of nitrogens with one attached hydrogen (secondary N) is 1. The van der Waals surface area contributed by atoms with Crippen molar-refractivity contribution in [3.05, 3.63) is 29.3 Å². The lowest BCUT2D eigenvalue weighted by atomic mass is 9.98. The highest BCUT2D eigenvalue weighted by Crippen LogP contribution is 2.23. The number of rotatable bonds is 6. The molecule has 0 aromatic heterocycles. The Labute approximate surface area is 121 Å². The van der Waals surface area contributed by atoms with Crippen LogP contribution in [0.25, 0.3) is 0 Å². The summed E-state index contributed by atoms with van der Waals surface area (Å²) < 4.78 is 5.43. The van der Waals surface area contributed by atoms with Crippen molar-refractivity contribution in [2.75, 3.05) is 19.7 Å². The standard InChI is InChI=1S/C14H22N2O2.ClH/c1-10(2)13-5-4-12(8-11(13)3)18-9-14(17)16-7-6-15;/h4-5,8,10H,6-7,9,15H2,1-3H3,(H,16,17);1H. The lowest BCUT2D eigenvalue weighted by molar-refractivity contribution is -0.123. The average Bonchev–Trinajstić information content (AvgIpc) is 2.33. The molecule has 1 aromatic rings. The maximum absolute atomic E-state index is 11.3. The summed E-state index contributed by atoms with van der Waals surface area (Å²) in [6.07, 6.45) is 0. The summed E-state index contributed by atoms with van der Waals surface area (Å²) in [5, 5.41) is 2.66. The van der Waals surface area contributed by atoms with E-state index in [1.165, 1.54) is 11.1 Å². The summed E-state index contributed by atoms with van der Waals surface area (Å²) >= 11 is 0. The summed E-state index contributed by atoms with van der Waals surface area (Å²) in [5.41, 5.74) is 7.78. The van der Waals surface area contributed by atoms with Crippen LogP contribution in [0.2, 0.25) is 0 Å². The fourth-order valence-electron chi connectivity index (χ4n) is 1.80. The summed E-state index contributed by atoms with van der Waals surface area (Å²) in [7, 11) is 0. The van der Waals surface area contributed by atoms with Crippen LogP contribution in [-0.2, 0) is 4.79 Å². The number of nitrogens with two attached hydrogens (primary N) is 1. The Morgan fingerprint density at radius 2 is 2.11 bits per heavy atom. The van der Waals surface area contributed by atoms with Crippen LogP contribution in [0.4, 0.5) is 0 Å². The third kappa shape index (κ3) is 5.94. The van der Waals surface area contributed by atoms with Gasteiger partial charge >= 0.3 is 0 Å². The molecular formula is C14H23ClN2O2. The maximum Gasteiger partial charge on any atom is 0.257 e. The van der Waals surface area contributed by atoms with Gasteiger partial charge in [0.05, 0.1) is 0 Å². The molecule has 1 rings (SSSR count). The molecule has 5 heteroatoms. The van der Waals surface area contributed by atoms with Crippen LogP contribution in [0.3, 0.4) is 0 Å². The van der Waals surface area contributed by atoms with Crippen molar-refractivity contribution < 1.29 is 9.53 Å². The quantitative estimate of drug-likeness (QED) is 0.841. The van der Waals surface area contributed by atoms with Crippen LogP contribution in [0.1, 0.15) is 30.9 Å². The third-order valence-corrected chi connectivity index (χ3v) is 2.70. The highest BCUT2D eigenvalue weighted by Gasteiger charge is 2.06. The number of benzene rings is 1. The van der Waals surface area contributed by atoms with Gasteiger partial charge in [-0.1, -0.05) is 19.9 Å². The molecule has 0 radical (unpaired) electrons. The van der Waals surface area contributed by atoms with E-state index in [9.17, 15) is 4.79 Å². The predicted octanol–water partition coefficient (Wildman–Crippen LogP) is 1.99. The van der Waals surface area contributed by atoms with Gasteiger partial charge in [-0.05, 0) is 36.1 Å². The van der Waals surface area contributed by atoms with Crippen molar-refractivity contribution >= 4 is 18.3 Å². The van der Waals surface area contributed by atoms with Crippen LogP contribution >= 0.6 is 12.4 Å². The number of amides is 1. The molecule has 108 valence electrons. The zero-order valence-electron chi connectivity index (χ0n) is 11.7. The van der Waals surface area contributed by atoms with E-state index in [2.05, 4.69) is 26.1 Å². The Hall–Kier alpha value is -1.26. The molecule has 1 aromatic carbocycles. The normalized spacial score (nSPS) is 9.95. The number of hydrogen-bond acceptors (Lipinski definition) is 3. The van der Waals surface area contributed by atoms with E-state index < -0.39 is 0 Å². The van der Waals surface area contributed by atoms with Gasteiger partial charge in [0.2, 0.25) is 0 Å². The van der Waals surface area contributed by atoms with Crippen molar-refractivity contribution in [3.8, 4) is 5.75 Å². The Kier molecular flexibility index (Phi) is 8.19. The zero-order chi connectivity index (χ0) is 13.5. The van der Waals surface area contributed by atoms with Crippen LogP contribution < -0.4 is 15.8 Å². The lowest BCUT2D eigenvalue weighted by Crippen LogP contribution is -2.32. The molecule has 4 nitrogen and oxygen atoms in total. The van der Waals surface area contributed by atoms with E-state index in [0.717, 1.165) is 5.75 Å². The number of hydrogen-bond donors (Lipinski definition) is 2. The van der Waals surface area contributed by atoms with Gasteiger partial charge in [0, 0.05) is 13.1 Å². The zero-order valence-corrected chi connectivity index (χ0v) is 12.5. The monoisotopic (exact) mass is 286 g/mol. The van der Waals surface area contributed by atoms with Gasteiger partial charge in [-0.2, -0.15) is 0 Å². The molecule has 19 heavy (non-hydrogen) atoms. The second kappa shape index (κ2) is 8.77. The van der Waals surface area contributed by atoms with Crippen LogP contribution in [0, 0.1) is 6.92 Å². The van der Waals surface area contributed by atoms with E-state index in [4.69, 9.17) is 10.5 Å². The Balaban J connectivity index is 0.00000324. The molecule has 3 N–H and O–H groups in total. The van der Waals surface area contributed by atoms with E-state index in [0.29, 0.717) is 19.0 Å². The fourth-order valence-corrected chi connectivity index (χ4v) is 1.80. The minimum Gasteiger partial charge on any atom is -0.484 e. The van der Waals surface area contributed by atoms with Gasteiger partial charge < -0.3 is 15.8 Å². The molecule has 0 fully saturated rings. The van der Waals surface area contributed by atoms with Gasteiger partial charge in [-0.25, -0.2) is 0 Å². The van der Waals surface area contributed by atoms with E-state index in [1.54, 1.807) is 0 Å². The molecule has 0 spiro atoms. The summed E-state index contributed by atoms with van der Waals surface area (Å²) in [6, 6.07) is 5.91. The first-order valence-electron chi connectivity index (χ1n) is 6.24. The van der Waals surface area contributed by atoms with E-state index >= 15 is 0 Å². The van der Waals surface area contributed by atoms with Crippen molar-refractivity contribution in [2.45, 2.75) is 26.7 Å².